The zero-order chi connectivity index (χ0) is 13.7. The second-order valence-corrected chi connectivity index (χ2v) is 5.01. The molecule has 1 aromatic heterocycles. The molecule has 0 aliphatic carbocycles. The van der Waals surface area contributed by atoms with Crippen LogP contribution in [0.1, 0.15) is 19.4 Å². The van der Waals surface area contributed by atoms with Crippen LogP contribution in [-0.4, -0.2) is 55.7 Å². The molecular weight excluding hydrogens is 246 g/mol. The molecule has 0 spiro atoms. The van der Waals surface area contributed by atoms with Gasteiger partial charge in [-0.3, -0.25) is 0 Å². The summed E-state index contributed by atoms with van der Waals surface area (Å²) in [4.78, 5) is 4.35. The van der Waals surface area contributed by atoms with Gasteiger partial charge in [0.05, 0.1) is 19.3 Å². The summed E-state index contributed by atoms with van der Waals surface area (Å²) < 4.78 is 18.3. The zero-order valence-electron chi connectivity index (χ0n) is 11.9. The number of aromatic nitrogens is 2. The number of nitrogens with one attached hydrogen (secondary N) is 1. The number of hydrogen-bond acceptors (Lipinski definition) is 5. The van der Waals surface area contributed by atoms with Crippen molar-refractivity contribution in [1.29, 1.82) is 0 Å². The first-order valence-electron chi connectivity index (χ1n) is 6.59. The monoisotopic (exact) mass is 269 g/mol. The Labute approximate surface area is 114 Å². The van der Waals surface area contributed by atoms with Crippen LogP contribution in [0.5, 0.6) is 0 Å². The molecule has 1 aliphatic rings. The average Bonchev–Trinajstić information content (AvgIpc) is 3.06. The van der Waals surface area contributed by atoms with Gasteiger partial charge in [-0.15, -0.1) is 0 Å². The summed E-state index contributed by atoms with van der Waals surface area (Å²) in [5, 5.41) is 3.36. The number of anilines is 1. The average molecular weight is 269 g/mol. The van der Waals surface area contributed by atoms with Crippen molar-refractivity contribution in [3.8, 4) is 0 Å². The Balaban J connectivity index is 1.97. The summed E-state index contributed by atoms with van der Waals surface area (Å²) >= 11 is 0. The topological polar surface area (TPSA) is 57.5 Å². The molecule has 0 radical (unpaired) electrons. The molecule has 0 aromatic carbocycles. The van der Waals surface area contributed by atoms with Crippen molar-refractivity contribution in [3.05, 3.63) is 12.4 Å². The summed E-state index contributed by atoms with van der Waals surface area (Å²) in [5.41, 5.74) is -0.235. The van der Waals surface area contributed by atoms with E-state index in [0.29, 0.717) is 19.8 Å². The first-order chi connectivity index (χ1) is 9.21. The Kier molecular flexibility index (Phi) is 4.79. The molecule has 1 N–H and O–H groups in total. The summed E-state index contributed by atoms with van der Waals surface area (Å²) in [7, 11) is 3.44. The SMILES string of the molecule is COCC(C)n1ccnc1NCC1(OC)CCOC1. The van der Waals surface area contributed by atoms with Crippen molar-refractivity contribution in [2.75, 3.05) is 45.9 Å². The Morgan fingerprint density at radius 3 is 3.05 bits per heavy atom. The van der Waals surface area contributed by atoms with Gasteiger partial charge in [-0.1, -0.05) is 0 Å². The van der Waals surface area contributed by atoms with Crippen LogP contribution in [0, 0.1) is 0 Å². The van der Waals surface area contributed by atoms with E-state index in [-0.39, 0.29) is 11.6 Å². The third-order valence-corrected chi connectivity index (χ3v) is 3.62. The molecular formula is C13H23N3O3. The maximum atomic E-state index is 5.60. The van der Waals surface area contributed by atoms with Crippen LogP contribution in [0.4, 0.5) is 5.95 Å². The van der Waals surface area contributed by atoms with Gasteiger partial charge in [0.2, 0.25) is 5.95 Å². The van der Waals surface area contributed by atoms with Crippen LogP contribution in [0.3, 0.4) is 0 Å². The minimum Gasteiger partial charge on any atom is -0.383 e. The van der Waals surface area contributed by atoms with Crippen LogP contribution in [0.2, 0.25) is 0 Å². The first kappa shape index (κ1) is 14.3. The molecule has 0 bridgehead atoms. The predicted octanol–water partition coefficient (Wildman–Crippen LogP) is 1.31. The van der Waals surface area contributed by atoms with Crippen molar-refractivity contribution in [3.63, 3.8) is 0 Å². The first-order valence-corrected chi connectivity index (χ1v) is 6.59. The molecule has 19 heavy (non-hydrogen) atoms. The molecule has 6 heteroatoms. The van der Waals surface area contributed by atoms with Crippen LogP contribution >= 0.6 is 0 Å². The summed E-state index contributed by atoms with van der Waals surface area (Å²) in [5.74, 6) is 0.841. The van der Waals surface area contributed by atoms with Gasteiger partial charge in [0.25, 0.3) is 0 Å². The van der Waals surface area contributed by atoms with E-state index in [2.05, 4.69) is 21.8 Å². The number of imidazole rings is 1. The minimum absolute atomic E-state index is 0.235. The van der Waals surface area contributed by atoms with Crippen LogP contribution in [0.25, 0.3) is 0 Å². The van der Waals surface area contributed by atoms with E-state index < -0.39 is 0 Å². The van der Waals surface area contributed by atoms with Gasteiger partial charge in [0, 0.05) is 46.2 Å². The van der Waals surface area contributed by atoms with Crippen LogP contribution < -0.4 is 5.32 Å². The highest BCUT2D eigenvalue weighted by Crippen LogP contribution is 2.23. The zero-order valence-corrected chi connectivity index (χ0v) is 11.9. The van der Waals surface area contributed by atoms with E-state index in [1.807, 2.05) is 6.20 Å². The minimum atomic E-state index is -0.235. The number of rotatable bonds is 7. The lowest BCUT2D eigenvalue weighted by Gasteiger charge is -2.26. The molecule has 2 heterocycles. The maximum absolute atomic E-state index is 5.60. The molecule has 1 aromatic rings. The smallest absolute Gasteiger partial charge is 0.203 e. The van der Waals surface area contributed by atoms with Gasteiger partial charge in [-0.25, -0.2) is 4.98 Å². The molecule has 2 unspecified atom stereocenters. The van der Waals surface area contributed by atoms with Gasteiger partial charge >= 0.3 is 0 Å². The summed E-state index contributed by atoms with van der Waals surface area (Å²) in [6.45, 7) is 4.83. The standard InChI is InChI=1S/C13H23N3O3/c1-11(8-17-2)16-6-5-14-12(16)15-9-13(18-3)4-7-19-10-13/h5-6,11H,4,7-10H2,1-3H3,(H,14,15). The van der Waals surface area contributed by atoms with Gasteiger partial charge in [-0.05, 0) is 6.92 Å². The van der Waals surface area contributed by atoms with Crippen molar-refractivity contribution in [1.82, 2.24) is 9.55 Å². The Hall–Kier alpha value is -1.11. The van der Waals surface area contributed by atoms with E-state index in [1.165, 1.54) is 0 Å². The van der Waals surface area contributed by atoms with Gasteiger partial charge in [0.1, 0.15) is 5.60 Å². The summed E-state index contributed by atoms with van der Waals surface area (Å²) in [6.07, 6.45) is 4.65. The molecule has 0 saturated carbocycles. The Morgan fingerprint density at radius 1 is 1.58 bits per heavy atom. The quantitative estimate of drug-likeness (QED) is 0.808. The lowest BCUT2D eigenvalue weighted by molar-refractivity contribution is -0.00638. The lowest BCUT2D eigenvalue weighted by atomic mass is 10.0. The lowest BCUT2D eigenvalue weighted by Crippen LogP contribution is -2.40. The molecule has 2 atom stereocenters. The summed E-state index contributed by atoms with van der Waals surface area (Å²) in [6, 6.07) is 0.244. The molecule has 2 rings (SSSR count). The second kappa shape index (κ2) is 6.36. The third-order valence-electron chi connectivity index (χ3n) is 3.62. The van der Waals surface area contributed by atoms with Gasteiger partial charge < -0.3 is 24.1 Å². The highest BCUT2D eigenvalue weighted by molar-refractivity contribution is 5.27. The van der Waals surface area contributed by atoms with Crippen molar-refractivity contribution in [2.24, 2.45) is 0 Å². The number of hydrogen-bond donors (Lipinski definition) is 1. The van der Waals surface area contributed by atoms with Crippen molar-refractivity contribution in [2.45, 2.75) is 25.0 Å². The maximum Gasteiger partial charge on any atom is 0.203 e. The fourth-order valence-electron chi connectivity index (χ4n) is 2.33. The number of nitrogens with zero attached hydrogens (tertiary/aromatic N) is 2. The van der Waals surface area contributed by atoms with Gasteiger partial charge in [0.15, 0.2) is 0 Å². The molecule has 0 amide bonds. The second-order valence-electron chi connectivity index (χ2n) is 5.01. The van der Waals surface area contributed by atoms with E-state index in [0.717, 1.165) is 19.0 Å². The molecule has 1 saturated heterocycles. The van der Waals surface area contributed by atoms with Crippen molar-refractivity contribution < 1.29 is 14.2 Å². The van der Waals surface area contributed by atoms with Crippen LogP contribution in [-0.2, 0) is 14.2 Å². The van der Waals surface area contributed by atoms with E-state index in [4.69, 9.17) is 14.2 Å². The van der Waals surface area contributed by atoms with Gasteiger partial charge in [-0.2, -0.15) is 0 Å². The van der Waals surface area contributed by atoms with E-state index >= 15 is 0 Å². The molecule has 6 nitrogen and oxygen atoms in total. The van der Waals surface area contributed by atoms with Crippen molar-refractivity contribution >= 4 is 5.95 Å². The highest BCUT2D eigenvalue weighted by atomic mass is 16.5. The molecule has 1 fully saturated rings. The fraction of sp³-hybridized carbons (Fsp3) is 0.769. The number of methoxy groups -OCH3 is 2. The molecule has 108 valence electrons. The largest absolute Gasteiger partial charge is 0.383 e. The Bertz CT molecular complexity index is 388. The fourth-order valence-corrected chi connectivity index (χ4v) is 2.33. The predicted molar refractivity (Wildman–Crippen MR) is 72.5 cm³/mol. The Morgan fingerprint density at radius 2 is 2.42 bits per heavy atom. The van der Waals surface area contributed by atoms with Crippen LogP contribution in [0.15, 0.2) is 12.4 Å². The van der Waals surface area contributed by atoms with E-state index in [9.17, 15) is 0 Å². The third kappa shape index (κ3) is 3.26. The molecule has 1 aliphatic heterocycles. The number of ether oxygens (including phenoxy) is 3. The van der Waals surface area contributed by atoms with E-state index in [1.54, 1.807) is 20.4 Å². The highest BCUT2D eigenvalue weighted by Gasteiger charge is 2.35. The normalized spacial score (nSPS) is 24.6.